The number of carbonyl (C=O) groups is 1. The number of hydrogen-bond acceptors (Lipinski definition) is 3. The van der Waals surface area contributed by atoms with Gasteiger partial charge in [0, 0.05) is 13.7 Å². The predicted molar refractivity (Wildman–Crippen MR) is 90.6 cm³/mol. The van der Waals surface area contributed by atoms with Gasteiger partial charge in [0.25, 0.3) is 0 Å². The van der Waals surface area contributed by atoms with Crippen molar-refractivity contribution in [1.82, 2.24) is 0 Å². The van der Waals surface area contributed by atoms with Crippen molar-refractivity contribution >= 4 is 6.79 Å². The van der Waals surface area contributed by atoms with Gasteiger partial charge in [-0.25, -0.2) is 0 Å². The maximum atomic E-state index is 8.00. The second-order valence-corrected chi connectivity index (χ2v) is 5.56. The van der Waals surface area contributed by atoms with Crippen molar-refractivity contribution in [3.63, 3.8) is 0 Å². The first-order valence-electron chi connectivity index (χ1n) is 8.77. The summed E-state index contributed by atoms with van der Waals surface area (Å²) in [5, 5.41) is 0. The molecule has 0 aromatic rings. The molecule has 3 nitrogen and oxygen atoms in total. The minimum absolute atomic E-state index is 0.443. The molecular weight excluding hydrogens is 264 g/mol. The summed E-state index contributed by atoms with van der Waals surface area (Å²) in [6, 6.07) is 0. The molecule has 21 heavy (non-hydrogen) atoms. The molecule has 0 atom stereocenters. The number of rotatable bonds is 16. The van der Waals surface area contributed by atoms with Crippen LogP contribution in [0.25, 0.3) is 0 Å². The van der Waals surface area contributed by atoms with Crippen molar-refractivity contribution in [2.24, 2.45) is 0 Å². The average Bonchev–Trinajstić information content (AvgIpc) is 2.53. The van der Waals surface area contributed by atoms with Crippen molar-refractivity contribution in [3.05, 3.63) is 0 Å². The van der Waals surface area contributed by atoms with E-state index in [9.17, 15) is 0 Å². The topological polar surface area (TPSA) is 35.5 Å². The first-order valence-corrected chi connectivity index (χ1v) is 8.77. The van der Waals surface area contributed by atoms with Crippen LogP contribution in [0.4, 0.5) is 0 Å². The van der Waals surface area contributed by atoms with E-state index >= 15 is 0 Å². The van der Waals surface area contributed by atoms with Crippen LogP contribution in [0.2, 0.25) is 0 Å². The number of unbranched alkanes of at least 4 members (excludes halogenated alkanes) is 12. The zero-order valence-corrected chi connectivity index (χ0v) is 14.5. The summed E-state index contributed by atoms with van der Waals surface area (Å²) in [5.41, 5.74) is 0. The molecule has 0 aliphatic rings. The molecule has 0 amide bonds. The van der Waals surface area contributed by atoms with Crippen LogP contribution in [0.15, 0.2) is 0 Å². The van der Waals surface area contributed by atoms with Gasteiger partial charge in [-0.15, -0.1) is 0 Å². The highest BCUT2D eigenvalue weighted by molar-refractivity contribution is 5.10. The fraction of sp³-hybridized carbons (Fsp3) is 0.944. The molecule has 0 fully saturated rings. The molecule has 3 heteroatoms. The second-order valence-electron chi connectivity index (χ2n) is 5.56. The highest BCUT2D eigenvalue weighted by Crippen LogP contribution is 2.12. The first kappa shape index (κ1) is 22.9. The van der Waals surface area contributed by atoms with E-state index in [0.29, 0.717) is 6.79 Å². The molecule has 0 heterocycles. The summed E-state index contributed by atoms with van der Waals surface area (Å²) in [5.74, 6) is 0. The Morgan fingerprint density at radius 2 is 1.05 bits per heavy atom. The van der Waals surface area contributed by atoms with Crippen molar-refractivity contribution in [2.45, 2.75) is 90.4 Å². The van der Waals surface area contributed by atoms with Gasteiger partial charge in [0.05, 0.1) is 0 Å². The lowest BCUT2D eigenvalue weighted by atomic mass is 10.0. The molecule has 0 aliphatic carbocycles. The Morgan fingerprint density at radius 3 is 1.43 bits per heavy atom. The van der Waals surface area contributed by atoms with Crippen LogP contribution in [-0.4, -0.2) is 27.3 Å². The van der Waals surface area contributed by atoms with Crippen LogP contribution < -0.4 is 0 Å². The molecule has 0 aliphatic heterocycles. The highest BCUT2D eigenvalue weighted by atomic mass is 16.7. The molecule has 0 N–H and O–H groups in total. The zero-order valence-electron chi connectivity index (χ0n) is 14.5. The van der Waals surface area contributed by atoms with Gasteiger partial charge in [-0.2, -0.15) is 0 Å². The molecule has 0 radical (unpaired) electrons. The summed E-state index contributed by atoms with van der Waals surface area (Å²) < 4.78 is 10.1. The van der Waals surface area contributed by atoms with E-state index in [2.05, 4.69) is 6.92 Å². The average molecular weight is 302 g/mol. The van der Waals surface area contributed by atoms with Gasteiger partial charge >= 0.3 is 0 Å². The number of methoxy groups -OCH3 is 1. The molecule has 0 bridgehead atoms. The van der Waals surface area contributed by atoms with Crippen molar-refractivity contribution in [2.75, 3.05) is 20.5 Å². The second kappa shape index (κ2) is 24.6. The molecule has 0 spiro atoms. The Hall–Kier alpha value is -0.410. The van der Waals surface area contributed by atoms with Gasteiger partial charge in [0.1, 0.15) is 13.6 Å². The Labute approximate surface area is 132 Å². The van der Waals surface area contributed by atoms with Crippen LogP contribution in [0.3, 0.4) is 0 Å². The van der Waals surface area contributed by atoms with Gasteiger partial charge in [0.15, 0.2) is 0 Å². The van der Waals surface area contributed by atoms with Crippen LogP contribution >= 0.6 is 0 Å². The molecule has 0 aromatic carbocycles. The molecule has 0 rings (SSSR count). The van der Waals surface area contributed by atoms with Crippen molar-refractivity contribution < 1.29 is 14.3 Å². The third-order valence-corrected chi connectivity index (χ3v) is 3.59. The lowest BCUT2D eigenvalue weighted by Gasteiger charge is -2.04. The molecule has 128 valence electrons. The van der Waals surface area contributed by atoms with Gasteiger partial charge < -0.3 is 14.3 Å². The van der Waals surface area contributed by atoms with Gasteiger partial charge in [0.2, 0.25) is 0 Å². The summed E-state index contributed by atoms with van der Waals surface area (Å²) in [4.78, 5) is 8.00. The SMILES string of the molecule is C=O.CCCCCCCCCCCCCCCOCOC. The zero-order chi connectivity index (χ0) is 16.0. The number of hydrogen-bond donors (Lipinski definition) is 0. The summed E-state index contributed by atoms with van der Waals surface area (Å²) >= 11 is 0. The van der Waals surface area contributed by atoms with Crippen molar-refractivity contribution in [3.8, 4) is 0 Å². The van der Waals surface area contributed by atoms with E-state index in [4.69, 9.17) is 14.3 Å². The predicted octanol–water partition coefficient (Wildman–Crippen LogP) is 5.51. The van der Waals surface area contributed by atoms with Gasteiger partial charge in [-0.1, -0.05) is 84.0 Å². The Bertz CT molecular complexity index is 147. The molecule has 0 unspecified atom stereocenters. The van der Waals surface area contributed by atoms with Gasteiger partial charge in [-0.3, -0.25) is 0 Å². The normalized spacial score (nSPS) is 10.2. The summed E-state index contributed by atoms with van der Waals surface area (Å²) in [6.45, 7) is 5.58. The largest absolute Gasteiger partial charge is 0.359 e. The van der Waals surface area contributed by atoms with Crippen molar-refractivity contribution in [1.29, 1.82) is 0 Å². The fourth-order valence-electron chi connectivity index (χ4n) is 2.36. The third kappa shape index (κ3) is 24.9. The van der Waals surface area contributed by atoms with Crippen LogP contribution in [0.5, 0.6) is 0 Å². The fourth-order valence-corrected chi connectivity index (χ4v) is 2.36. The third-order valence-electron chi connectivity index (χ3n) is 3.59. The lowest BCUT2D eigenvalue weighted by Crippen LogP contribution is -1.98. The minimum atomic E-state index is 0.443. The summed E-state index contributed by atoms with van der Waals surface area (Å²) in [7, 11) is 1.67. The van der Waals surface area contributed by atoms with E-state index in [-0.39, 0.29) is 0 Å². The monoisotopic (exact) mass is 302 g/mol. The van der Waals surface area contributed by atoms with Gasteiger partial charge in [-0.05, 0) is 6.42 Å². The van der Waals surface area contributed by atoms with E-state index in [1.165, 1.54) is 83.5 Å². The van der Waals surface area contributed by atoms with Crippen LogP contribution in [-0.2, 0) is 14.3 Å². The first-order chi connectivity index (χ1) is 10.4. The minimum Gasteiger partial charge on any atom is -0.359 e. The lowest BCUT2D eigenvalue weighted by molar-refractivity contribution is -0.0979. The number of ether oxygens (including phenoxy) is 2. The summed E-state index contributed by atoms with van der Waals surface area (Å²) in [6.07, 6.45) is 18.2. The highest BCUT2D eigenvalue weighted by Gasteiger charge is 1.93. The Morgan fingerprint density at radius 1 is 0.667 bits per heavy atom. The molecular formula is C18H38O3. The van der Waals surface area contributed by atoms with Crippen LogP contribution in [0, 0.1) is 0 Å². The maximum absolute atomic E-state index is 8.00. The quantitative estimate of drug-likeness (QED) is 0.278. The van der Waals surface area contributed by atoms with E-state index in [1.807, 2.05) is 6.79 Å². The molecule has 0 saturated heterocycles. The smallest absolute Gasteiger partial charge is 0.146 e. The molecule has 0 aromatic heterocycles. The van der Waals surface area contributed by atoms with E-state index < -0.39 is 0 Å². The Balaban J connectivity index is 0. The van der Waals surface area contributed by atoms with Crippen LogP contribution in [0.1, 0.15) is 90.4 Å². The maximum Gasteiger partial charge on any atom is 0.146 e. The molecule has 0 saturated carbocycles. The number of carbonyl (C=O) groups excluding carboxylic acids is 1. The van der Waals surface area contributed by atoms with E-state index in [1.54, 1.807) is 7.11 Å². The standard InChI is InChI=1S/C17H36O2.CH2O/c1-3-4-5-6-7-8-9-10-11-12-13-14-15-16-19-17-18-2;1-2/h3-17H2,1-2H3;1H2. The Kier molecular flexibility index (Phi) is 26.8. The van der Waals surface area contributed by atoms with E-state index in [0.717, 1.165) is 6.61 Å².